The molecule has 20 heteroatoms. The third-order valence-corrected chi connectivity index (χ3v) is 16.3. The fraction of sp³-hybridized carbons (Fsp3) is 0.488. The average Bonchev–Trinajstić information content (AvgIpc) is 3.94. The highest BCUT2D eigenvalue weighted by Crippen LogP contribution is 2.42. The van der Waals surface area contributed by atoms with Crippen LogP contribution in [-0.4, -0.2) is 85.7 Å². The molecular weight excluding hydrogens is 879 g/mol. The molecule has 9 rings (SSSR count). The largest absolute Gasteiger partial charge is 0.382 e. The summed E-state index contributed by atoms with van der Waals surface area (Å²) in [5.41, 5.74) is 20.7. The van der Waals surface area contributed by atoms with Gasteiger partial charge in [0.05, 0.1) is 63.4 Å². The second-order valence-electron chi connectivity index (χ2n) is 16.6. The minimum atomic E-state index is -0.110. The van der Waals surface area contributed by atoms with Crippen LogP contribution < -0.4 is 38.1 Å². The van der Waals surface area contributed by atoms with Gasteiger partial charge in [0.15, 0.2) is 0 Å². The van der Waals surface area contributed by atoms with Gasteiger partial charge in [0.1, 0.15) is 15.9 Å². The van der Waals surface area contributed by atoms with E-state index in [4.69, 9.17) is 66.7 Å². The van der Waals surface area contributed by atoms with Crippen LogP contribution in [0.4, 0.5) is 17.7 Å². The molecule has 3 fully saturated rings. The number of rotatable bonds is 5. The lowest BCUT2D eigenvalue weighted by Gasteiger charge is -2.41. The minimum absolute atomic E-state index is 0.0179. The van der Waals surface area contributed by atoms with E-state index in [-0.39, 0.29) is 39.9 Å². The molecule has 0 amide bonds. The maximum atomic E-state index is 13.3. The van der Waals surface area contributed by atoms with Gasteiger partial charge in [-0.15, -0.1) is 0 Å². The Hall–Kier alpha value is -3.68. The summed E-state index contributed by atoms with van der Waals surface area (Å²) in [6.07, 6.45) is 5.49. The maximum absolute atomic E-state index is 13.3. The van der Waals surface area contributed by atoms with E-state index >= 15 is 0 Å². The van der Waals surface area contributed by atoms with E-state index in [0.717, 1.165) is 62.5 Å². The Morgan fingerprint density at radius 2 is 1.34 bits per heavy atom. The third-order valence-electron chi connectivity index (χ3n) is 12.7. The number of aliphatic imine (C=N–C) groups is 2. The van der Waals surface area contributed by atoms with Crippen molar-refractivity contribution in [2.45, 2.75) is 74.6 Å². The van der Waals surface area contributed by atoms with Gasteiger partial charge < -0.3 is 31.7 Å². The number of hydrogen-bond donors (Lipinski definition) is 3. The quantitative estimate of drug-likeness (QED) is 0.227. The molecule has 5 aliphatic heterocycles. The number of nitrogens with two attached hydrogens (primary N) is 3. The Labute approximate surface area is 377 Å². The van der Waals surface area contributed by atoms with Gasteiger partial charge in [-0.25, -0.2) is 15.0 Å². The molecule has 1 aromatic carbocycles. The van der Waals surface area contributed by atoms with Crippen LogP contribution in [0, 0.1) is 10.8 Å². The summed E-state index contributed by atoms with van der Waals surface area (Å²) in [4.78, 5) is 55.1. The van der Waals surface area contributed by atoms with Crippen molar-refractivity contribution in [2.24, 2.45) is 46.4 Å². The second-order valence-corrected chi connectivity index (χ2v) is 19.8. The van der Waals surface area contributed by atoms with E-state index in [9.17, 15) is 9.59 Å². The highest BCUT2D eigenvalue weighted by atomic mass is 35.5. The average molecular weight is 928 g/mol. The fourth-order valence-electron chi connectivity index (χ4n) is 8.48. The van der Waals surface area contributed by atoms with Gasteiger partial charge in [-0.1, -0.05) is 71.3 Å². The number of ether oxygens (including phenoxy) is 1. The Kier molecular flexibility index (Phi) is 12.6. The number of anilines is 3. The number of nitrogen functional groups attached to an aromatic ring is 1. The van der Waals surface area contributed by atoms with Crippen LogP contribution in [-0.2, 0) is 31.9 Å². The lowest BCUT2D eigenvalue weighted by atomic mass is 9.73. The number of nitrogens with zero attached hydrogens (tertiary/aromatic N) is 9. The smallest absolute Gasteiger partial charge is 0.265 e. The van der Waals surface area contributed by atoms with Crippen LogP contribution >= 0.6 is 58.3 Å². The van der Waals surface area contributed by atoms with Crippen molar-refractivity contribution in [2.75, 3.05) is 54.9 Å². The fourth-order valence-corrected chi connectivity index (χ4v) is 11.1. The van der Waals surface area contributed by atoms with Crippen molar-refractivity contribution >= 4 is 86.1 Å². The molecule has 0 aliphatic carbocycles. The van der Waals surface area contributed by atoms with Crippen molar-refractivity contribution in [3.63, 3.8) is 0 Å². The SMILES string of the molecule is C[C@@H]1OCC2(CCN(c3nc4c(c(=O)n3C)C(Sc3ccnc(N)c3Cl)=NC4)CC2)[C@@H]1N.Cn1c(N2CCC(C)(CN)CC2)nc2c(c1=O)C(Sc1cccc(Cl)c1Cl)=NC2. The van der Waals surface area contributed by atoms with Crippen LogP contribution in [0.2, 0.25) is 15.1 Å². The molecule has 61 heavy (non-hydrogen) atoms. The number of aromatic nitrogens is 5. The van der Waals surface area contributed by atoms with Crippen LogP contribution in [0.3, 0.4) is 0 Å². The lowest BCUT2D eigenvalue weighted by molar-refractivity contribution is 0.0973. The first-order valence-electron chi connectivity index (χ1n) is 20.2. The van der Waals surface area contributed by atoms with E-state index in [1.165, 1.54) is 23.5 Å². The first-order valence-corrected chi connectivity index (χ1v) is 23.0. The Balaban J connectivity index is 0.000000169. The van der Waals surface area contributed by atoms with Gasteiger partial charge in [-0.05, 0) is 62.8 Å². The molecule has 0 saturated carbocycles. The predicted molar refractivity (Wildman–Crippen MR) is 247 cm³/mol. The van der Waals surface area contributed by atoms with Crippen molar-refractivity contribution in [1.29, 1.82) is 0 Å². The highest BCUT2D eigenvalue weighted by molar-refractivity contribution is 8.14. The minimum Gasteiger partial charge on any atom is -0.382 e. The predicted octanol–water partition coefficient (Wildman–Crippen LogP) is 5.50. The Morgan fingerprint density at radius 3 is 1.85 bits per heavy atom. The molecule has 1 spiro atoms. The van der Waals surface area contributed by atoms with Crippen LogP contribution in [0.15, 0.2) is 59.8 Å². The maximum Gasteiger partial charge on any atom is 0.265 e. The van der Waals surface area contributed by atoms with Crippen LogP contribution in [0.25, 0.3) is 0 Å². The van der Waals surface area contributed by atoms with Gasteiger partial charge >= 0.3 is 0 Å². The summed E-state index contributed by atoms with van der Waals surface area (Å²) in [7, 11) is 3.54. The Bertz CT molecular complexity index is 2550. The van der Waals surface area contributed by atoms with E-state index in [1.807, 2.05) is 19.1 Å². The van der Waals surface area contributed by atoms with Gasteiger partial charge in [0.2, 0.25) is 11.9 Å². The van der Waals surface area contributed by atoms with E-state index in [2.05, 4.69) is 31.7 Å². The van der Waals surface area contributed by atoms with Gasteiger partial charge in [-0.3, -0.25) is 28.7 Å². The van der Waals surface area contributed by atoms with Crippen molar-refractivity contribution < 1.29 is 4.74 Å². The molecule has 4 aromatic rings. The van der Waals surface area contributed by atoms with E-state index in [0.29, 0.717) is 85.0 Å². The molecular formula is C41H49Cl3N12O3S2. The molecule has 3 saturated heterocycles. The number of thioether (sulfide) groups is 2. The van der Waals surface area contributed by atoms with Crippen LogP contribution in [0.5, 0.6) is 0 Å². The van der Waals surface area contributed by atoms with Crippen molar-refractivity contribution in [3.05, 3.63) is 88.8 Å². The molecule has 0 unspecified atom stereocenters. The number of fused-ring (bicyclic) bond motifs is 2. The van der Waals surface area contributed by atoms with Gasteiger partial charge in [0.25, 0.3) is 11.1 Å². The second kappa shape index (κ2) is 17.5. The standard InChI is InChI=1S/C21H26ClN7O2S.C20H23Cl2N5OS/c1-11-16(23)21(10-31-11)4-7-29(8-5-21)20-27-12-9-26-18(14(12)19(30)28(20)2)32-13-3-6-25-17(24)15(13)22;1-20(11-23)6-8-27(9-7-20)19-25-13-10-24-17(15(13)18(28)26(19)2)29-14-5-3-4-12(21)16(14)22/h3,6,11,16H,4-5,7-10,23H2,1-2H3,(H2,24,25);3-5H,6-11,23H2,1-2H3/t11-,16+;/m0./s1. The Morgan fingerprint density at radius 1 is 0.820 bits per heavy atom. The van der Waals surface area contributed by atoms with Crippen molar-refractivity contribution in [1.82, 2.24) is 24.1 Å². The number of benzene rings is 1. The molecule has 324 valence electrons. The molecule has 0 bridgehead atoms. The topological polar surface area (TPSA) is 201 Å². The van der Waals surface area contributed by atoms with Gasteiger partial charge in [0, 0.05) is 67.7 Å². The molecule has 0 radical (unpaired) electrons. The molecule has 5 aliphatic rings. The first-order chi connectivity index (χ1) is 29.1. The third kappa shape index (κ3) is 8.32. The van der Waals surface area contributed by atoms with Crippen molar-refractivity contribution in [3.8, 4) is 0 Å². The molecule has 6 N–H and O–H groups in total. The van der Waals surface area contributed by atoms with Gasteiger partial charge in [-0.2, -0.15) is 0 Å². The summed E-state index contributed by atoms with van der Waals surface area (Å²) in [6.45, 7) is 9.67. The zero-order valence-electron chi connectivity index (χ0n) is 34.5. The molecule has 15 nitrogen and oxygen atoms in total. The first kappa shape index (κ1) is 43.9. The summed E-state index contributed by atoms with van der Waals surface area (Å²) in [5.74, 6) is 1.63. The monoisotopic (exact) mass is 926 g/mol. The molecule has 8 heterocycles. The van der Waals surface area contributed by atoms with E-state index in [1.54, 1.807) is 41.6 Å². The normalized spacial score (nSPS) is 21.2. The zero-order chi connectivity index (χ0) is 43.4. The highest BCUT2D eigenvalue weighted by Gasteiger charge is 2.48. The molecule has 3 aromatic heterocycles. The number of piperidine rings is 2. The summed E-state index contributed by atoms with van der Waals surface area (Å²) in [5, 5.41) is 2.55. The summed E-state index contributed by atoms with van der Waals surface area (Å²) < 4.78 is 9.08. The number of halogens is 3. The van der Waals surface area contributed by atoms with Crippen LogP contribution in [0.1, 0.15) is 62.0 Å². The zero-order valence-corrected chi connectivity index (χ0v) is 38.4. The number of pyridine rings is 1. The van der Waals surface area contributed by atoms with E-state index < -0.39 is 0 Å². The molecule has 2 atom stereocenters. The summed E-state index contributed by atoms with van der Waals surface area (Å²) >= 11 is 21.4. The number of hydrogen-bond acceptors (Lipinski definition) is 15. The lowest BCUT2D eigenvalue weighted by Crippen LogP contribution is -2.51. The summed E-state index contributed by atoms with van der Waals surface area (Å²) in [6, 6.07) is 7.24.